The van der Waals surface area contributed by atoms with Crippen molar-refractivity contribution in [3.8, 4) is 0 Å². The van der Waals surface area contributed by atoms with Crippen molar-refractivity contribution in [3.05, 3.63) is 35.4 Å². The minimum absolute atomic E-state index is 0.0645. The summed E-state index contributed by atoms with van der Waals surface area (Å²) in [5.74, 6) is 0.532. The van der Waals surface area contributed by atoms with E-state index in [0.29, 0.717) is 32.2 Å². The number of benzene rings is 1. The molecule has 22 heavy (non-hydrogen) atoms. The summed E-state index contributed by atoms with van der Waals surface area (Å²) in [6, 6.07) is 8.08. The van der Waals surface area contributed by atoms with Gasteiger partial charge in [-0.05, 0) is 25.0 Å². The van der Waals surface area contributed by atoms with Crippen LogP contribution in [0.15, 0.2) is 29.3 Å². The number of halogens is 2. The Morgan fingerprint density at radius 1 is 1.45 bits per heavy atom. The van der Waals surface area contributed by atoms with Crippen LogP contribution in [0.25, 0.3) is 0 Å². The molecular formula is C16H23F2N3O. The highest BCUT2D eigenvalue weighted by Gasteiger charge is 2.25. The van der Waals surface area contributed by atoms with Gasteiger partial charge in [-0.15, -0.1) is 0 Å². The quantitative estimate of drug-likeness (QED) is 0.686. The van der Waals surface area contributed by atoms with Crippen LogP contribution in [0.4, 0.5) is 8.78 Å². The topological polar surface area (TPSA) is 36.9 Å². The molecule has 0 aromatic heterocycles. The molecular weight excluding hydrogens is 288 g/mol. The van der Waals surface area contributed by atoms with Crippen molar-refractivity contribution in [1.29, 1.82) is 0 Å². The molecule has 1 fully saturated rings. The maximum atomic E-state index is 12.4. The Balaban J connectivity index is 2.11. The fourth-order valence-electron chi connectivity index (χ4n) is 2.56. The third-order valence-corrected chi connectivity index (χ3v) is 3.62. The number of nitrogens with one attached hydrogen (secondary N) is 1. The number of hydrogen-bond donors (Lipinski definition) is 1. The molecule has 1 N–H and O–H groups in total. The second-order valence-corrected chi connectivity index (χ2v) is 5.25. The number of morpholine rings is 1. The van der Waals surface area contributed by atoms with Gasteiger partial charge in [0.1, 0.15) is 12.6 Å². The molecule has 4 nitrogen and oxygen atoms in total. The van der Waals surface area contributed by atoms with Crippen molar-refractivity contribution in [2.24, 2.45) is 4.99 Å². The normalized spacial score (nSPS) is 19.6. The van der Waals surface area contributed by atoms with E-state index in [-0.39, 0.29) is 6.10 Å². The van der Waals surface area contributed by atoms with Gasteiger partial charge in [-0.1, -0.05) is 24.3 Å². The van der Waals surface area contributed by atoms with E-state index in [0.717, 1.165) is 5.56 Å². The van der Waals surface area contributed by atoms with Crippen LogP contribution < -0.4 is 5.32 Å². The van der Waals surface area contributed by atoms with E-state index in [4.69, 9.17) is 4.74 Å². The lowest BCUT2D eigenvalue weighted by molar-refractivity contribution is -0.00842. The van der Waals surface area contributed by atoms with Gasteiger partial charge in [-0.25, -0.2) is 13.8 Å². The molecule has 1 aliphatic heterocycles. The zero-order chi connectivity index (χ0) is 15.9. The fourth-order valence-corrected chi connectivity index (χ4v) is 2.56. The number of hydrogen-bond acceptors (Lipinski definition) is 2. The standard InChI is InChI=1S/C16H23F2N3O/c1-3-19-16(20-10-15(17)18)21-8-9-22-14(11-21)13-7-5-4-6-12(13)2/h4-7,14-15H,3,8-11H2,1-2H3,(H,19,20). The Bertz CT molecular complexity index is 508. The van der Waals surface area contributed by atoms with E-state index in [2.05, 4.69) is 10.3 Å². The van der Waals surface area contributed by atoms with E-state index in [1.165, 1.54) is 5.56 Å². The molecule has 1 atom stereocenters. The minimum Gasteiger partial charge on any atom is -0.370 e. The van der Waals surface area contributed by atoms with Crippen molar-refractivity contribution in [2.75, 3.05) is 32.8 Å². The summed E-state index contributed by atoms with van der Waals surface area (Å²) >= 11 is 0. The molecule has 1 aliphatic rings. The van der Waals surface area contributed by atoms with Gasteiger partial charge in [-0.3, -0.25) is 0 Å². The van der Waals surface area contributed by atoms with Crippen LogP contribution >= 0.6 is 0 Å². The van der Waals surface area contributed by atoms with Gasteiger partial charge < -0.3 is 15.0 Å². The van der Waals surface area contributed by atoms with Crippen LogP contribution in [-0.2, 0) is 4.74 Å². The van der Waals surface area contributed by atoms with E-state index >= 15 is 0 Å². The van der Waals surface area contributed by atoms with Crippen molar-refractivity contribution >= 4 is 5.96 Å². The smallest absolute Gasteiger partial charge is 0.257 e. The highest BCUT2D eigenvalue weighted by atomic mass is 19.3. The molecule has 6 heteroatoms. The van der Waals surface area contributed by atoms with Crippen molar-refractivity contribution in [2.45, 2.75) is 26.4 Å². The first kappa shape index (κ1) is 16.7. The second kappa shape index (κ2) is 8.08. The van der Waals surface area contributed by atoms with Crippen LogP contribution in [0.5, 0.6) is 0 Å². The Morgan fingerprint density at radius 3 is 2.91 bits per heavy atom. The molecule has 1 aromatic rings. The molecule has 2 rings (SSSR count). The van der Waals surface area contributed by atoms with Crippen LogP contribution in [0.3, 0.4) is 0 Å². The van der Waals surface area contributed by atoms with Crippen LogP contribution in [-0.4, -0.2) is 50.1 Å². The van der Waals surface area contributed by atoms with E-state index < -0.39 is 13.0 Å². The highest BCUT2D eigenvalue weighted by Crippen LogP contribution is 2.24. The third-order valence-electron chi connectivity index (χ3n) is 3.62. The van der Waals surface area contributed by atoms with E-state index in [1.54, 1.807) is 0 Å². The van der Waals surface area contributed by atoms with Crippen molar-refractivity contribution in [3.63, 3.8) is 0 Å². The molecule has 1 unspecified atom stereocenters. The number of aliphatic imine (C=N–C) groups is 1. The van der Waals surface area contributed by atoms with E-state index in [9.17, 15) is 8.78 Å². The van der Waals surface area contributed by atoms with Crippen LogP contribution in [0, 0.1) is 6.92 Å². The summed E-state index contributed by atoms with van der Waals surface area (Å²) in [6.07, 6.45) is -2.49. The average Bonchev–Trinajstić information content (AvgIpc) is 2.52. The molecule has 1 aromatic carbocycles. The van der Waals surface area contributed by atoms with Gasteiger partial charge in [0.2, 0.25) is 0 Å². The zero-order valence-electron chi connectivity index (χ0n) is 13.1. The number of guanidine groups is 1. The summed E-state index contributed by atoms with van der Waals surface area (Å²) in [7, 11) is 0. The summed E-state index contributed by atoms with van der Waals surface area (Å²) in [5.41, 5.74) is 2.31. The first-order chi connectivity index (χ1) is 10.6. The molecule has 0 radical (unpaired) electrons. The number of rotatable bonds is 4. The Hall–Kier alpha value is -1.69. The predicted molar refractivity (Wildman–Crippen MR) is 83.4 cm³/mol. The lowest BCUT2D eigenvalue weighted by Crippen LogP contribution is -2.48. The molecule has 1 saturated heterocycles. The predicted octanol–water partition coefficient (Wildman–Crippen LogP) is 2.60. The first-order valence-electron chi connectivity index (χ1n) is 7.60. The van der Waals surface area contributed by atoms with E-state index in [1.807, 2.05) is 43.0 Å². The van der Waals surface area contributed by atoms with Gasteiger partial charge in [-0.2, -0.15) is 0 Å². The van der Waals surface area contributed by atoms with Gasteiger partial charge >= 0.3 is 0 Å². The zero-order valence-corrected chi connectivity index (χ0v) is 13.1. The number of ether oxygens (including phenoxy) is 1. The molecule has 0 spiro atoms. The molecule has 0 saturated carbocycles. The molecule has 0 bridgehead atoms. The number of aryl methyl sites for hydroxylation is 1. The largest absolute Gasteiger partial charge is 0.370 e. The molecule has 0 aliphatic carbocycles. The molecule has 1 heterocycles. The van der Waals surface area contributed by atoms with Crippen molar-refractivity contribution < 1.29 is 13.5 Å². The Labute approximate surface area is 130 Å². The fraction of sp³-hybridized carbons (Fsp3) is 0.562. The summed E-state index contributed by atoms with van der Waals surface area (Å²) in [6.45, 7) is 5.96. The molecule has 0 amide bonds. The SMILES string of the molecule is CCNC(=NCC(F)F)N1CCOC(c2ccccc2C)C1. The highest BCUT2D eigenvalue weighted by molar-refractivity contribution is 5.80. The average molecular weight is 311 g/mol. The Kier molecular flexibility index (Phi) is 6.12. The lowest BCUT2D eigenvalue weighted by atomic mass is 10.0. The monoisotopic (exact) mass is 311 g/mol. The summed E-state index contributed by atoms with van der Waals surface area (Å²) in [5, 5.41) is 3.08. The van der Waals surface area contributed by atoms with Crippen LogP contribution in [0.1, 0.15) is 24.2 Å². The number of alkyl halides is 2. The van der Waals surface area contributed by atoms with Crippen molar-refractivity contribution in [1.82, 2.24) is 10.2 Å². The number of nitrogens with zero attached hydrogens (tertiary/aromatic N) is 2. The van der Waals surface area contributed by atoms with Gasteiger partial charge in [0.05, 0.1) is 13.2 Å². The summed E-state index contributed by atoms with van der Waals surface area (Å²) in [4.78, 5) is 6.01. The minimum atomic E-state index is -2.43. The second-order valence-electron chi connectivity index (χ2n) is 5.25. The lowest BCUT2D eigenvalue weighted by Gasteiger charge is -2.35. The van der Waals surface area contributed by atoms with Gasteiger partial charge in [0.25, 0.3) is 6.43 Å². The maximum Gasteiger partial charge on any atom is 0.257 e. The van der Waals surface area contributed by atoms with Gasteiger partial charge in [0, 0.05) is 13.1 Å². The Morgan fingerprint density at radius 2 is 2.23 bits per heavy atom. The maximum absolute atomic E-state index is 12.4. The van der Waals surface area contributed by atoms with Gasteiger partial charge in [0.15, 0.2) is 5.96 Å². The van der Waals surface area contributed by atoms with Crippen LogP contribution in [0.2, 0.25) is 0 Å². The first-order valence-corrected chi connectivity index (χ1v) is 7.60. The third kappa shape index (κ3) is 4.40. The molecule has 122 valence electrons. The summed E-state index contributed by atoms with van der Waals surface area (Å²) < 4.78 is 30.7.